The van der Waals surface area contributed by atoms with Gasteiger partial charge in [-0.05, 0) is 11.8 Å². The molecule has 0 fully saturated rings. The summed E-state index contributed by atoms with van der Waals surface area (Å²) in [6.45, 7) is 2.87. The number of carboxylic acid groups (broad SMARTS) is 3. The van der Waals surface area contributed by atoms with Crippen molar-refractivity contribution in [2.45, 2.75) is 26.7 Å². The van der Waals surface area contributed by atoms with Crippen LogP contribution in [0.15, 0.2) is 0 Å². The first-order chi connectivity index (χ1) is 6.68. The van der Waals surface area contributed by atoms with Gasteiger partial charge in [0.25, 0.3) is 0 Å². The van der Waals surface area contributed by atoms with Crippen LogP contribution in [-0.2, 0) is 14.4 Å². The first-order valence-corrected chi connectivity index (χ1v) is 4.36. The first kappa shape index (κ1) is 13.4. The lowest BCUT2D eigenvalue weighted by atomic mass is 9.75. The molecule has 0 amide bonds. The van der Waals surface area contributed by atoms with Gasteiger partial charge in [-0.2, -0.15) is 0 Å². The SMILES string of the molecule is CC(C)(CCC(=O)O)C(C(=O)O)C(=O)O. The fraction of sp³-hybridized carbons (Fsp3) is 0.667. The van der Waals surface area contributed by atoms with Crippen LogP contribution in [0.5, 0.6) is 0 Å². The predicted octanol–water partition coefficient (Wildman–Crippen LogP) is 0.663. The van der Waals surface area contributed by atoms with Crippen molar-refractivity contribution in [2.75, 3.05) is 0 Å². The van der Waals surface area contributed by atoms with Crippen LogP contribution in [0.4, 0.5) is 0 Å². The minimum absolute atomic E-state index is 0.00556. The van der Waals surface area contributed by atoms with Crippen molar-refractivity contribution >= 4 is 17.9 Å². The monoisotopic (exact) mass is 218 g/mol. The largest absolute Gasteiger partial charge is 0.481 e. The summed E-state index contributed by atoms with van der Waals surface area (Å²) in [5.74, 6) is -5.55. The Bertz CT molecular complexity index is 266. The van der Waals surface area contributed by atoms with E-state index in [-0.39, 0.29) is 12.8 Å². The molecule has 6 heteroatoms. The maximum atomic E-state index is 10.7. The van der Waals surface area contributed by atoms with Gasteiger partial charge in [-0.3, -0.25) is 14.4 Å². The van der Waals surface area contributed by atoms with Crippen molar-refractivity contribution in [3.63, 3.8) is 0 Å². The summed E-state index contributed by atoms with van der Waals surface area (Å²) >= 11 is 0. The molecule has 0 rings (SSSR count). The predicted molar refractivity (Wildman–Crippen MR) is 49.4 cm³/mol. The normalized spacial score (nSPS) is 11.4. The van der Waals surface area contributed by atoms with Crippen LogP contribution in [0.3, 0.4) is 0 Å². The van der Waals surface area contributed by atoms with Crippen molar-refractivity contribution in [3.05, 3.63) is 0 Å². The minimum atomic E-state index is -1.59. The Morgan fingerprint density at radius 2 is 1.47 bits per heavy atom. The third-order valence-electron chi connectivity index (χ3n) is 2.26. The van der Waals surface area contributed by atoms with E-state index in [0.29, 0.717) is 0 Å². The second-order valence-corrected chi connectivity index (χ2v) is 3.99. The fourth-order valence-corrected chi connectivity index (χ4v) is 1.35. The molecule has 15 heavy (non-hydrogen) atoms. The van der Waals surface area contributed by atoms with E-state index >= 15 is 0 Å². The van der Waals surface area contributed by atoms with Gasteiger partial charge in [-0.15, -0.1) is 0 Å². The number of carboxylic acids is 3. The Morgan fingerprint density at radius 1 is 1.07 bits per heavy atom. The number of rotatable bonds is 6. The second kappa shape index (κ2) is 4.77. The third kappa shape index (κ3) is 3.97. The van der Waals surface area contributed by atoms with E-state index in [9.17, 15) is 14.4 Å². The Kier molecular flexibility index (Phi) is 4.26. The van der Waals surface area contributed by atoms with Gasteiger partial charge in [0.15, 0.2) is 5.92 Å². The number of hydrogen-bond acceptors (Lipinski definition) is 3. The van der Waals surface area contributed by atoms with Crippen LogP contribution in [0.1, 0.15) is 26.7 Å². The fourth-order valence-electron chi connectivity index (χ4n) is 1.35. The highest BCUT2D eigenvalue weighted by Crippen LogP contribution is 2.32. The molecule has 0 aliphatic heterocycles. The Balaban J connectivity index is 4.71. The molecule has 6 nitrogen and oxygen atoms in total. The third-order valence-corrected chi connectivity index (χ3v) is 2.26. The lowest BCUT2D eigenvalue weighted by Gasteiger charge is -2.27. The molecule has 0 unspecified atom stereocenters. The van der Waals surface area contributed by atoms with Crippen molar-refractivity contribution < 1.29 is 29.7 Å². The molecule has 0 saturated carbocycles. The van der Waals surface area contributed by atoms with E-state index < -0.39 is 29.2 Å². The molecule has 0 aromatic carbocycles. The molecule has 0 atom stereocenters. The molecule has 0 radical (unpaired) electrons. The highest BCUT2D eigenvalue weighted by Gasteiger charge is 2.41. The van der Waals surface area contributed by atoms with Gasteiger partial charge < -0.3 is 15.3 Å². The zero-order chi connectivity index (χ0) is 12.2. The topological polar surface area (TPSA) is 112 Å². The van der Waals surface area contributed by atoms with E-state index in [1.807, 2.05) is 0 Å². The van der Waals surface area contributed by atoms with Crippen LogP contribution in [0.25, 0.3) is 0 Å². The van der Waals surface area contributed by atoms with Crippen molar-refractivity contribution in [1.82, 2.24) is 0 Å². The van der Waals surface area contributed by atoms with Crippen LogP contribution >= 0.6 is 0 Å². The van der Waals surface area contributed by atoms with Crippen LogP contribution in [0.2, 0.25) is 0 Å². The highest BCUT2D eigenvalue weighted by molar-refractivity contribution is 5.93. The highest BCUT2D eigenvalue weighted by atomic mass is 16.4. The van der Waals surface area contributed by atoms with Gasteiger partial charge in [-0.25, -0.2) is 0 Å². The number of hydrogen-bond donors (Lipinski definition) is 3. The second-order valence-electron chi connectivity index (χ2n) is 3.99. The van der Waals surface area contributed by atoms with Crippen molar-refractivity contribution in [3.8, 4) is 0 Å². The van der Waals surface area contributed by atoms with E-state index in [0.717, 1.165) is 0 Å². The van der Waals surface area contributed by atoms with Crippen molar-refractivity contribution in [1.29, 1.82) is 0 Å². The minimum Gasteiger partial charge on any atom is -0.481 e. The summed E-state index contributed by atoms with van der Waals surface area (Å²) < 4.78 is 0. The van der Waals surface area contributed by atoms with E-state index in [1.165, 1.54) is 13.8 Å². The summed E-state index contributed by atoms with van der Waals surface area (Å²) in [7, 11) is 0. The summed E-state index contributed by atoms with van der Waals surface area (Å²) in [6, 6.07) is 0. The molecule has 0 aromatic rings. The zero-order valence-electron chi connectivity index (χ0n) is 8.56. The molecule has 0 heterocycles. The molecule has 0 bridgehead atoms. The molecule has 0 aliphatic rings. The summed E-state index contributed by atoms with van der Waals surface area (Å²) in [5.41, 5.74) is -1.09. The smallest absolute Gasteiger partial charge is 0.318 e. The lowest BCUT2D eigenvalue weighted by molar-refractivity contribution is -0.161. The standard InChI is InChI=1S/C9H14O6/c1-9(2,4-3-5(10)11)6(7(12)13)8(14)15/h6H,3-4H2,1-2H3,(H,10,11)(H,12,13)(H,14,15). The summed E-state index contributed by atoms with van der Waals surface area (Å²) in [5, 5.41) is 25.9. The van der Waals surface area contributed by atoms with E-state index in [2.05, 4.69) is 0 Å². The Hall–Kier alpha value is -1.59. The molecular formula is C9H14O6. The van der Waals surface area contributed by atoms with Crippen LogP contribution < -0.4 is 0 Å². The molecule has 0 saturated heterocycles. The van der Waals surface area contributed by atoms with Gasteiger partial charge in [-0.1, -0.05) is 13.8 Å². The van der Waals surface area contributed by atoms with Crippen LogP contribution in [-0.4, -0.2) is 33.2 Å². The zero-order valence-corrected chi connectivity index (χ0v) is 8.56. The molecule has 0 spiro atoms. The average molecular weight is 218 g/mol. The Morgan fingerprint density at radius 3 is 1.73 bits per heavy atom. The van der Waals surface area contributed by atoms with E-state index in [4.69, 9.17) is 15.3 Å². The van der Waals surface area contributed by atoms with E-state index in [1.54, 1.807) is 0 Å². The molecule has 86 valence electrons. The maximum absolute atomic E-state index is 10.7. The van der Waals surface area contributed by atoms with Gasteiger partial charge in [0, 0.05) is 6.42 Å². The lowest BCUT2D eigenvalue weighted by Crippen LogP contribution is -2.37. The van der Waals surface area contributed by atoms with Gasteiger partial charge in [0.05, 0.1) is 0 Å². The maximum Gasteiger partial charge on any atom is 0.318 e. The average Bonchev–Trinajstić information content (AvgIpc) is 1.98. The summed E-state index contributed by atoms with van der Waals surface area (Å²) in [4.78, 5) is 31.7. The molecule has 0 aliphatic carbocycles. The number of aliphatic carboxylic acids is 3. The first-order valence-electron chi connectivity index (χ1n) is 4.36. The van der Waals surface area contributed by atoms with Crippen molar-refractivity contribution in [2.24, 2.45) is 11.3 Å². The van der Waals surface area contributed by atoms with Gasteiger partial charge in [0.1, 0.15) is 0 Å². The number of carbonyl (C=O) groups is 3. The molecule has 0 aromatic heterocycles. The van der Waals surface area contributed by atoms with Gasteiger partial charge in [0.2, 0.25) is 0 Å². The quantitative estimate of drug-likeness (QED) is 0.564. The molecule has 3 N–H and O–H groups in total. The Labute approximate surface area is 86.5 Å². The van der Waals surface area contributed by atoms with Gasteiger partial charge >= 0.3 is 17.9 Å². The summed E-state index contributed by atoms with van der Waals surface area (Å²) in [6.07, 6.45) is -0.240. The van der Waals surface area contributed by atoms with Crippen LogP contribution in [0, 0.1) is 11.3 Å². The molecular weight excluding hydrogens is 204 g/mol.